The number of aromatic amines is 1. The Morgan fingerprint density at radius 3 is 2.55 bits per heavy atom. The van der Waals surface area contributed by atoms with Crippen molar-refractivity contribution in [2.45, 2.75) is 58.0 Å². The van der Waals surface area contributed by atoms with E-state index in [1.165, 1.54) is 11.3 Å². The Bertz CT molecular complexity index is 2190. The van der Waals surface area contributed by atoms with Crippen LogP contribution in [0.3, 0.4) is 0 Å². The molecule has 1 unspecified atom stereocenters. The monoisotopic (exact) mass is 683 g/mol. The van der Waals surface area contributed by atoms with Crippen molar-refractivity contribution in [3.8, 4) is 6.07 Å². The van der Waals surface area contributed by atoms with Crippen LogP contribution in [0.25, 0.3) is 10.9 Å². The maximum atomic E-state index is 14.1. The van der Waals surface area contributed by atoms with Crippen LogP contribution in [0.15, 0.2) is 48.5 Å². The number of piperazine rings is 1. The molecule has 3 aromatic carbocycles. The molecule has 1 aliphatic carbocycles. The van der Waals surface area contributed by atoms with E-state index in [9.17, 15) is 24.4 Å². The van der Waals surface area contributed by atoms with E-state index in [1.54, 1.807) is 17.0 Å². The minimum absolute atomic E-state index is 0.0333. The van der Waals surface area contributed by atoms with Gasteiger partial charge in [-0.3, -0.25) is 29.4 Å². The van der Waals surface area contributed by atoms with Gasteiger partial charge in [-0.15, -0.1) is 0 Å². The first-order chi connectivity index (χ1) is 24.6. The Morgan fingerprint density at radius 1 is 1.00 bits per heavy atom. The molecule has 51 heavy (non-hydrogen) atoms. The summed E-state index contributed by atoms with van der Waals surface area (Å²) in [6, 6.07) is 17.1. The third-order valence-electron chi connectivity index (χ3n) is 11.3. The van der Waals surface area contributed by atoms with Crippen LogP contribution in [-0.2, 0) is 28.0 Å². The second kappa shape index (κ2) is 12.4. The summed E-state index contributed by atoms with van der Waals surface area (Å²) in [6.07, 6.45) is 1.39. The van der Waals surface area contributed by atoms with Gasteiger partial charge < -0.3 is 20.1 Å². The lowest BCUT2D eigenvalue weighted by molar-refractivity contribution is -0.136. The van der Waals surface area contributed by atoms with Crippen LogP contribution in [-0.4, -0.2) is 83.6 Å². The van der Waals surface area contributed by atoms with Crippen molar-refractivity contribution in [2.75, 3.05) is 49.5 Å². The molecule has 1 atom stereocenters. The number of amides is 3. The van der Waals surface area contributed by atoms with Crippen molar-refractivity contribution in [3.05, 3.63) is 93.2 Å². The van der Waals surface area contributed by atoms with Crippen molar-refractivity contribution in [1.29, 1.82) is 5.26 Å². The van der Waals surface area contributed by atoms with E-state index in [0.29, 0.717) is 36.2 Å². The van der Waals surface area contributed by atoms with E-state index in [-0.39, 0.29) is 24.0 Å². The standard InChI is InChI=1S/C40H41N7O4/c1-4-24-19-27-29(40(2,3)37-35(36(27)49)26-9-8-23(21-41)18-31(26)43-37)20-33(24)46-16-14-45(15-17-46)13-12-42-30-7-5-6-25-28(30)22-47(39(25)51)32-10-11-34(48)44-38(32)50/h5-9,18-20,32,42-43H,4,10-17,22H2,1-3H3,(H,44,48,50). The summed E-state index contributed by atoms with van der Waals surface area (Å²) in [5.41, 5.74) is 9.09. The molecule has 1 aromatic heterocycles. The summed E-state index contributed by atoms with van der Waals surface area (Å²) in [7, 11) is 0. The van der Waals surface area contributed by atoms with Crippen LogP contribution >= 0.6 is 0 Å². The summed E-state index contributed by atoms with van der Waals surface area (Å²) in [6.45, 7) is 11.9. The molecule has 8 rings (SSSR count). The Hall–Kier alpha value is -5.47. The second-order valence-electron chi connectivity index (χ2n) is 14.6. The van der Waals surface area contributed by atoms with Crippen molar-refractivity contribution < 1.29 is 19.2 Å². The molecule has 3 N–H and O–H groups in total. The molecule has 4 aromatic rings. The number of carbonyl (C=O) groups is 4. The molecule has 2 saturated heterocycles. The van der Waals surface area contributed by atoms with E-state index in [1.807, 2.05) is 24.3 Å². The molecule has 0 spiro atoms. The fourth-order valence-corrected chi connectivity index (χ4v) is 8.47. The van der Waals surface area contributed by atoms with Crippen LogP contribution in [0.4, 0.5) is 11.4 Å². The van der Waals surface area contributed by atoms with E-state index < -0.39 is 17.4 Å². The van der Waals surface area contributed by atoms with Gasteiger partial charge in [-0.25, -0.2) is 0 Å². The number of hydrogen-bond acceptors (Lipinski definition) is 8. The van der Waals surface area contributed by atoms with Gasteiger partial charge in [0.15, 0.2) is 5.78 Å². The third-order valence-corrected chi connectivity index (χ3v) is 11.3. The van der Waals surface area contributed by atoms with Gasteiger partial charge in [0.25, 0.3) is 5.91 Å². The summed E-state index contributed by atoms with van der Waals surface area (Å²) >= 11 is 0. The molecular weight excluding hydrogens is 642 g/mol. The van der Waals surface area contributed by atoms with Crippen LogP contribution in [0.5, 0.6) is 0 Å². The SMILES string of the molecule is CCc1cc2c(cc1N1CCN(CCNc3cccc4c3CN(C3CCC(=O)NC3=O)C4=O)CC1)C(C)(C)c1[nH]c3cc(C#N)ccc3c1C2=O. The lowest BCUT2D eigenvalue weighted by Crippen LogP contribution is -2.52. The number of rotatable bonds is 7. The molecule has 4 aliphatic rings. The molecule has 3 aliphatic heterocycles. The van der Waals surface area contributed by atoms with Crippen LogP contribution in [0.1, 0.15) is 87.8 Å². The van der Waals surface area contributed by atoms with Crippen LogP contribution in [0, 0.1) is 11.3 Å². The van der Waals surface area contributed by atoms with Gasteiger partial charge in [0.1, 0.15) is 6.04 Å². The minimum atomic E-state index is -0.633. The highest BCUT2D eigenvalue weighted by Gasteiger charge is 2.42. The number of piperidine rings is 1. The summed E-state index contributed by atoms with van der Waals surface area (Å²) in [5.74, 6) is -0.833. The van der Waals surface area contributed by atoms with Gasteiger partial charge in [0, 0.05) is 102 Å². The van der Waals surface area contributed by atoms with E-state index >= 15 is 0 Å². The van der Waals surface area contributed by atoms with Gasteiger partial charge in [-0.2, -0.15) is 5.26 Å². The molecule has 0 radical (unpaired) electrons. The number of H-pyrrole nitrogens is 1. The van der Waals surface area contributed by atoms with Crippen molar-refractivity contribution in [3.63, 3.8) is 0 Å². The summed E-state index contributed by atoms with van der Waals surface area (Å²) in [5, 5.41) is 16.2. The molecule has 4 heterocycles. The molecule has 11 nitrogen and oxygen atoms in total. The third kappa shape index (κ3) is 5.36. The van der Waals surface area contributed by atoms with Crippen molar-refractivity contribution in [2.24, 2.45) is 0 Å². The average Bonchev–Trinajstić information content (AvgIpc) is 3.69. The number of nitriles is 1. The van der Waals surface area contributed by atoms with Crippen LogP contribution in [0.2, 0.25) is 0 Å². The predicted octanol–water partition coefficient (Wildman–Crippen LogP) is 4.47. The minimum Gasteiger partial charge on any atom is -0.383 e. The van der Waals surface area contributed by atoms with Crippen molar-refractivity contribution in [1.82, 2.24) is 20.1 Å². The number of imide groups is 1. The number of aryl methyl sites for hydroxylation is 1. The number of ketones is 1. The molecule has 0 saturated carbocycles. The first-order valence-electron chi connectivity index (χ1n) is 17.8. The normalized spacial score (nSPS) is 19.8. The number of anilines is 2. The highest BCUT2D eigenvalue weighted by Crippen LogP contribution is 2.46. The predicted molar refractivity (Wildman–Crippen MR) is 194 cm³/mol. The zero-order valence-corrected chi connectivity index (χ0v) is 29.2. The quantitative estimate of drug-likeness (QED) is 0.243. The lowest BCUT2D eigenvalue weighted by atomic mass is 9.70. The highest BCUT2D eigenvalue weighted by atomic mass is 16.2. The highest BCUT2D eigenvalue weighted by molar-refractivity contribution is 6.20. The maximum absolute atomic E-state index is 14.1. The number of nitrogens with zero attached hydrogens (tertiary/aromatic N) is 4. The number of benzene rings is 3. The lowest BCUT2D eigenvalue weighted by Gasteiger charge is -2.39. The fraction of sp³-hybridized carbons (Fsp3) is 0.375. The summed E-state index contributed by atoms with van der Waals surface area (Å²) < 4.78 is 0. The molecular formula is C40H41N7O4. The molecule has 11 heteroatoms. The van der Waals surface area contributed by atoms with Crippen LogP contribution < -0.4 is 15.5 Å². The Morgan fingerprint density at radius 2 is 1.80 bits per heavy atom. The Balaban J connectivity index is 0.938. The first-order valence-corrected chi connectivity index (χ1v) is 17.8. The average molecular weight is 684 g/mol. The fourth-order valence-electron chi connectivity index (χ4n) is 8.47. The van der Waals surface area contributed by atoms with E-state index in [4.69, 9.17) is 0 Å². The van der Waals surface area contributed by atoms with Gasteiger partial charge >= 0.3 is 0 Å². The smallest absolute Gasteiger partial charge is 0.255 e. The van der Waals surface area contributed by atoms with E-state index in [0.717, 1.165) is 78.1 Å². The second-order valence-corrected chi connectivity index (χ2v) is 14.6. The van der Waals surface area contributed by atoms with Gasteiger partial charge in [0.2, 0.25) is 11.8 Å². The Kier molecular flexibility index (Phi) is 7.95. The number of nitrogens with one attached hydrogen (secondary N) is 3. The van der Waals surface area contributed by atoms with Gasteiger partial charge in [-0.05, 0) is 60.4 Å². The summed E-state index contributed by atoms with van der Waals surface area (Å²) in [4.78, 5) is 61.4. The van der Waals surface area contributed by atoms with Gasteiger partial charge in [0.05, 0.1) is 17.2 Å². The topological polar surface area (TPSA) is 142 Å². The number of aromatic nitrogens is 1. The van der Waals surface area contributed by atoms with E-state index in [2.05, 4.69) is 64.4 Å². The van der Waals surface area contributed by atoms with Crippen molar-refractivity contribution >= 4 is 45.8 Å². The zero-order chi connectivity index (χ0) is 35.6. The Labute approximate surface area is 296 Å². The number of fused-ring (bicyclic) bond motifs is 5. The largest absolute Gasteiger partial charge is 0.383 e. The number of hydrogen-bond donors (Lipinski definition) is 3. The van der Waals surface area contributed by atoms with Gasteiger partial charge in [-0.1, -0.05) is 32.9 Å². The number of carbonyl (C=O) groups excluding carboxylic acids is 4. The maximum Gasteiger partial charge on any atom is 0.255 e. The molecule has 3 amide bonds. The molecule has 0 bridgehead atoms. The molecule has 260 valence electrons. The molecule has 2 fully saturated rings. The zero-order valence-electron chi connectivity index (χ0n) is 29.2. The first kappa shape index (κ1) is 32.7.